The van der Waals surface area contributed by atoms with E-state index >= 15 is 0 Å². The summed E-state index contributed by atoms with van der Waals surface area (Å²) in [7, 11) is -3.34. The highest BCUT2D eigenvalue weighted by Crippen LogP contribution is 2.30. The molecule has 2 aromatic carbocycles. The van der Waals surface area contributed by atoms with Crippen molar-refractivity contribution in [3.63, 3.8) is 0 Å². The summed E-state index contributed by atoms with van der Waals surface area (Å²) < 4.78 is 30.5. The van der Waals surface area contributed by atoms with Crippen LogP contribution >= 0.6 is 0 Å². The van der Waals surface area contributed by atoms with Crippen molar-refractivity contribution in [1.82, 2.24) is 9.97 Å². The first-order valence-corrected chi connectivity index (χ1v) is 9.44. The molecule has 0 unspecified atom stereocenters. The van der Waals surface area contributed by atoms with E-state index in [1.165, 1.54) is 6.33 Å². The number of para-hydroxylation sites is 1. The van der Waals surface area contributed by atoms with Crippen LogP contribution in [0.15, 0.2) is 70.2 Å². The number of furan rings is 1. The van der Waals surface area contributed by atoms with Crippen LogP contribution in [0.3, 0.4) is 0 Å². The van der Waals surface area contributed by atoms with Gasteiger partial charge in [-0.05, 0) is 24.3 Å². The second kappa shape index (κ2) is 6.18. The minimum atomic E-state index is -3.34. The van der Waals surface area contributed by atoms with Crippen LogP contribution in [0.4, 0.5) is 5.82 Å². The van der Waals surface area contributed by atoms with Crippen molar-refractivity contribution in [2.75, 3.05) is 17.6 Å². The highest BCUT2D eigenvalue weighted by molar-refractivity contribution is 7.91. The van der Waals surface area contributed by atoms with E-state index in [1.54, 1.807) is 30.3 Å². The molecule has 0 fully saturated rings. The van der Waals surface area contributed by atoms with Gasteiger partial charge in [0, 0.05) is 11.9 Å². The lowest BCUT2D eigenvalue weighted by Gasteiger charge is -2.07. The number of benzene rings is 2. The van der Waals surface area contributed by atoms with Crippen LogP contribution in [0.5, 0.6) is 0 Å². The Kier molecular flexibility index (Phi) is 3.85. The molecule has 0 bridgehead atoms. The summed E-state index contributed by atoms with van der Waals surface area (Å²) in [6.07, 6.45) is 1.44. The van der Waals surface area contributed by atoms with E-state index in [2.05, 4.69) is 15.3 Å². The Balaban J connectivity index is 1.58. The first-order valence-electron chi connectivity index (χ1n) is 7.79. The molecular formula is C18H15N3O3S. The standard InChI is InChI=1S/C18H15N3O3S/c22-25(23,13-6-2-1-3-7-13)11-10-19-18-17-16(20-12-21-18)14-8-4-5-9-15(14)24-17/h1-9,12H,10-11H2,(H,19,20,21). The second-order valence-corrected chi connectivity index (χ2v) is 7.67. The third kappa shape index (κ3) is 2.94. The van der Waals surface area contributed by atoms with E-state index in [0.717, 1.165) is 11.0 Å². The minimum absolute atomic E-state index is 0.0390. The quantitative estimate of drug-likeness (QED) is 0.593. The average Bonchev–Trinajstić information content (AvgIpc) is 3.02. The molecule has 0 radical (unpaired) electrons. The number of rotatable bonds is 5. The van der Waals surface area contributed by atoms with Crippen LogP contribution in [-0.4, -0.2) is 30.7 Å². The maximum atomic E-state index is 12.3. The maximum Gasteiger partial charge on any atom is 0.196 e. The van der Waals surface area contributed by atoms with Crippen molar-refractivity contribution in [3.05, 3.63) is 60.9 Å². The Morgan fingerprint density at radius 1 is 0.960 bits per heavy atom. The van der Waals surface area contributed by atoms with Crippen molar-refractivity contribution >= 4 is 37.7 Å². The van der Waals surface area contributed by atoms with Gasteiger partial charge in [0.15, 0.2) is 21.2 Å². The molecule has 0 saturated carbocycles. The SMILES string of the molecule is O=S(=O)(CCNc1ncnc2c1oc1ccccc12)c1ccccc1. The molecule has 2 aromatic heterocycles. The Hall–Kier alpha value is -2.93. The molecule has 2 heterocycles. The average molecular weight is 353 g/mol. The fourth-order valence-electron chi connectivity index (χ4n) is 2.70. The third-order valence-corrected chi connectivity index (χ3v) is 5.66. The first-order chi connectivity index (χ1) is 12.1. The van der Waals surface area contributed by atoms with Gasteiger partial charge in [-0.1, -0.05) is 30.3 Å². The second-order valence-electron chi connectivity index (χ2n) is 5.56. The summed E-state index contributed by atoms with van der Waals surface area (Å²) in [5.74, 6) is 0.451. The number of aromatic nitrogens is 2. The largest absolute Gasteiger partial charge is 0.450 e. The zero-order valence-corrected chi connectivity index (χ0v) is 14.0. The fourth-order valence-corrected chi connectivity index (χ4v) is 3.88. The molecule has 6 nitrogen and oxygen atoms in total. The van der Waals surface area contributed by atoms with Gasteiger partial charge in [-0.15, -0.1) is 0 Å². The van der Waals surface area contributed by atoms with E-state index in [-0.39, 0.29) is 12.3 Å². The molecule has 25 heavy (non-hydrogen) atoms. The van der Waals surface area contributed by atoms with Gasteiger partial charge in [-0.25, -0.2) is 18.4 Å². The molecule has 4 rings (SSSR count). The van der Waals surface area contributed by atoms with E-state index < -0.39 is 9.84 Å². The van der Waals surface area contributed by atoms with Gasteiger partial charge in [0.1, 0.15) is 17.4 Å². The molecular weight excluding hydrogens is 338 g/mol. The summed E-state index contributed by atoms with van der Waals surface area (Å²) in [5.41, 5.74) is 1.96. The molecule has 0 saturated heterocycles. The maximum absolute atomic E-state index is 12.3. The Bertz CT molecular complexity index is 1140. The normalized spacial score (nSPS) is 11.8. The zero-order chi connectivity index (χ0) is 17.3. The number of anilines is 1. The van der Waals surface area contributed by atoms with Gasteiger partial charge in [-0.3, -0.25) is 0 Å². The van der Waals surface area contributed by atoms with Crippen molar-refractivity contribution in [2.24, 2.45) is 0 Å². The molecule has 0 amide bonds. The lowest BCUT2D eigenvalue weighted by molar-refractivity contribution is 0.596. The molecule has 0 aliphatic heterocycles. The molecule has 0 spiro atoms. The zero-order valence-electron chi connectivity index (χ0n) is 13.2. The number of fused-ring (bicyclic) bond motifs is 3. The van der Waals surface area contributed by atoms with Gasteiger partial charge in [0.05, 0.1) is 10.6 Å². The van der Waals surface area contributed by atoms with Gasteiger partial charge in [0.25, 0.3) is 0 Å². The van der Waals surface area contributed by atoms with E-state index in [1.807, 2.05) is 24.3 Å². The minimum Gasteiger partial charge on any atom is -0.450 e. The predicted molar refractivity (Wildman–Crippen MR) is 96.3 cm³/mol. The van der Waals surface area contributed by atoms with Gasteiger partial charge >= 0.3 is 0 Å². The summed E-state index contributed by atoms with van der Waals surface area (Å²) in [4.78, 5) is 8.77. The highest BCUT2D eigenvalue weighted by Gasteiger charge is 2.16. The Labute approximate surface area is 144 Å². The van der Waals surface area contributed by atoms with Gasteiger partial charge in [0.2, 0.25) is 0 Å². The Morgan fingerprint density at radius 3 is 2.56 bits per heavy atom. The molecule has 7 heteroatoms. The predicted octanol–water partition coefficient (Wildman–Crippen LogP) is 3.26. The van der Waals surface area contributed by atoms with E-state index in [4.69, 9.17) is 4.42 Å². The lowest BCUT2D eigenvalue weighted by Crippen LogP contribution is -2.16. The summed E-state index contributed by atoms with van der Waals surface area (Å²) >= 11 is 0. The van der Waals surface area contributed by atoms with Crippen LogP contribution in [0, 0.1) is 0 Å². The van der Waals surface area contributed by atoms with Crippen molar-refractivity contribution in [2.45, 2.75) is 4.90 Å². The first kappa shape index (κ1) is 15.6. The molecule has 126 valence electrons. The van der Waals surface area contributed by atoms with Crippen LogP contribution in [0.25, 0.3) is 22.1 Å². The van der Waals surface area contributed by atoms with Crippen LogP contribution in [0.1, 0.15) is 0 Å². The molecule has 4 aromatic rings. The summed E-state index contributed by atoms with van der Waals surface area (Å²) in [6, 6.07) is 16.0. The smallest absolute Gasteiger partial charge is 0.196 e. The number of sulfone groups is 1. The number of hydrogen-bond donors (Lipinski definition) is 1. The monoisotopic (exact) mass is 353 g/mol. The van der Waals surface area contributed by atoms with E-state index in [9.17, 15) is 8.42 Å². The van der Waals surface area contributed by atoms with Crippen molar-refractivity contribution < 1.29 is 12.8 Å². The van der Waals surface area contributed by atoms with Gasteiger partial charge in [-0.2, -0.15) is 0 Å². The molecule has 0 aliphatic rings. The molecule has 0 aliphatic carbocycles. The number of nitrogens with zero attached hydrogens (tertiary/aromatic N) is 2. The van der Waals surface area contributed by atoms with Crippen LogP contribution in [-0.2, 0) is 9.84 Å². The fraction of sp³-hybridized carbons (Fsp3) is 0.111. The topological polar surface area (TPSA) is 85.1 Å². The van der Waals surface area contributed by atoms with Crippen LogP contribution < -0.4 is 5.32 Å². The number of nitrogens with one attached hydrogen (secondary N) is 1. The summed E-state index contributed by atoms with van der Waals surface area (Å²) in [5, 5.41) is 3.95. The van der Waals surface area contributed by atoms with E-state index in [0.29, 0.717) is 21.8 Å². The Morgan fingerprint density at radius 2 is 1.72 bits per heavy atom. The van der Waals surface area contributed by atoms with Crippen molar-refractivity contribution in [1.29, 1.82) is 0 Å². The summed E-state index contributed by atoms with van der Waals surface area (Å²) in [6.45, 7) is 0.223. The molecule has 1 N–H and O–H groups in total. The van der Waals surface area contributed by atoms with Gasteiger partial charge < -0.3 is 9.73 Å². The highest BCUT2D eigenvalue weighted by atomic mass is 32.2. The van der Waals surface area contributed by atoms with Crippen LogP contribution in [0.2, 0.25) is 0 Å². The molecule has 0 atom stereocenters. The number of hydrogen-bond acceptors (Lipinski definition) is 6. The van der Waals surface area contributed by atoms with Crippen molar-refractivity contribution in [3.8, 4) is 0 Å². The third-order valence-electron chi connectivity index (χ3n) is 3.92. The lowest BCUT2D eigenvalue weighted by atomic mass is 10.2.